The van der Waals surface area contributed by atoms with Crippen molar-refractivity contribution in [2.24, 2.45) is 0 Å². The number of nitrogens with zero attached hydrogens (tertiary/aromatic N) is 3. The summed E-state index contributed by atoms with van der Waals surface area (Å²) in [7, 11) is -3.97. The van der Waals surface area contributed by atoms with Crippen molar-refractivity contribution in [2.75, 3.05) is 26.2 Å². The molecule has 2 aromatic heterocycles. The molecule has 2 aromatic carbocycles. The molecule has 4 aromatic rings. The maximum absolute atomic E-state index is 14.1. The first-order valence-corrected chi connectivity index (χ1v) is 12.7. The van der Waals surface area contributed by atoms with E-state index in [9.17, 15) is 17.6 Å². The van der Waals surface area contributed by atoms with E-state index in [1.54, 1.807) is 22.3 Å². The molecule has 33 heavy (non-hydrogen) atoms. The Morgan fingerprint density at radius 2 is 1.67 bits per heavy atom. The summed E-state index contributed by atoms with van der Waals surface area (Å²) in [6.45, 7) is 0.640. The van der Waals surface area contributed by atoms with E-state index in [1.165, 1.54) is 22.5 Å². The summed E-state index contributed by atoms with van der Waals surface area (Å²) >= 11 is 1.55. The fourth-order valence-electron chi connectivity index (χ4n) is 4.00. The average molecular weight is 482 g/mol. The van der Waals surface area contributed by atoms with E-state index in [2.05, 4.69) is 0 Å². The number of aromatic nitrogens is 1. The van der Waals surface area contributed by atoms with Crippen LogP contribution in [0, 0.1) is 5.82 Å². The quantitative estimate of drug-likeness (QED) is 0.437. The minimum atomic E-state index is -3.97. The lowest BCUT2D eigenvalue weighted by Gasteiger charge is -2.34. The van der Waals surface area contributed by atoms with E-state index in [1.807, 2.05) is 41.8 Å². The Morgan fingerprint density at radius 3 is 2.39 bits per heavy atom. The van der Waals surface area contributed by atoms with Gasteiger partial charge in [0.15, 0.2) is 0 Å². The second-order valence-corrected chi connectivity index (χ2v) is 10.5. The van der Waals surface area contributed by atoms with Gasteiger partial charge in [0.1, 0.15) is 10.7 Å². The maximum atomic E-state index is 14.1. The van der Waals surface area contributed by atoms with Crippen molar-refractivity contribution in [3.8, 4) is 10.6 Å². The molecule has 0 saturated carbocycles. The molecule has 1 aliphatic rings. The molecule has 0 spiro atoms. The van der Waals surface area contributed by atoms with Gasteiger partial charge in [-0.05, 0) is 35.7 Å². The van der Waals surface area contributed by atoms with Gasteiger partial charge in [-0.15, -0.1) is 11.3 Å². The first-order chi connectivity index (χ1) is 15.9. The molecule has 0 atom stereocenters. The van der Waals surface area contributed by atoms with Crippen molar-refractivity contribution < 1.29 is 17.6 Å². The van der Waals surface area contributed by atoms with E-state index >= 15 is 0 Å². The molecular formula is C24H20FN3O3S2. The maximum Gasteiger partial charge on any atom is 0.254 e. The average Bonchev–Trinajstić information content (AvgIpc) is 3.38. The van der Waals surface area contributed by atoms with E-state index in [0.717, 1.165) is 27.5 Å². The number of hydrogen-bond donors (Lipinski definition) is 0. The first-order valence-electron chi connectivity index (χ1n) is 10.4. The van der Waals surface area contributed by atoms with Crippen LogP contribution in [0.2, 0.25) is 0 Å². The standard InChI is InChI=1S/C24H20FN3O3S2/c25-19-7-2-4-10-23(19)33(30,31)28-13-11-27(12-14-28)24(29)18-16-21(22-9-5-15-32-22)26-20-8-3-1-6-17(18)20/h1-10,15-16H,11-14H2. The zero-order valence-electron chi connectivity index (χ0n) is 17.5. The minimum Gasteiger partial charge on any atom is -0.336 e. The second-order valence-electron chi connectivity index (χ2n) is 7.68. The molecule has 168 valence electrons. The van der Waals surface area contributed by atoms with Crippen molar-refractivity contribution in [1.82, 2.24) is 14.2 Å². The normalized spacial score (nSPS) is 15.1. The summed E-state index contributed by atoms with van der Waals surface area (Å²) in [5.41, 5.74) is 2.00. The SMILES string of the molecule is O=C(c1cc(-c2cccs2)nc2ccccc12)N1CCN(S(=O)(=O)c2ccccc2F)CC1. The number of thiophene rings is 1. The van der Waals surface area contributed by atoms with Crippen LogP contribution in [0.4, 0.5) is 4.39 Å². The Balaban J connectivity index is 1.41. The molecule has 1 amide bonds. The molecule has 0 radical (unpaired) electrons. The van der Waals surface area contributed by atoms with Gasteiger partial charge in [-0.1, -0.05) is 36.4 Å². The van der Waals surface area contributed by atoms with E-state index in [0.29, 0.717) is 5.56 Å². The molecule has 1 fully saturated rings. The zero-order chi connectivity index (χ0) is 23.0. The number of carbonyl (C=O) groups excluding carboxylic acids is 1. The highest BCUT2D eigenvalue weighted by Crippen LogP contribution is 2.29. The number of carbonyl (C=O) groups is 1. The van der Waals surface area contributed by atoms with Crippen molar-refractivity contribution in [1.29, 1.82) is 0 Å². The molecule has 3 heterocycles. The third-order valence-corrected chi connectivity index (χ3v) is 8.52. The predicted octanol–water partition coefficient (Wildman–Crippen LogP) is 4.25. The van der Waals surface area contributed by atoms with Gasteiger partial charge >= 0.3 is 0 Å². The third-order valence-electron chi connectivity index (χ3n) is 5.70. The number of amides is 1. The van der Waals surface area contributed by atoms with Crippen LogP contribution in [0.25, 0.3) is 21.5 Å². The highest BCUT2D eigenvalue weighted by Gasteiger charge is 2.32. The number of hydrogen-bond acceptors (Lipinski definition) is 5. The van der Waals surface area contributed by atoms with Gasteiger partial charge < -0.3 is 4.90 Å². The molecule has 0 bridgehead atoms. The van der Waals surface area contributed by atoms with E-state index < -0.39 is 15.8 Å². The molecule has 6 nitrogen and oxygen atoms in total. The Labute approximate surface area is 195 Å². The van der Waals surface area contributed by atoms with Crippen LogP contribution in [0.1, 0.15) is 10.4 Å². The minimum absolute atomic E-state index is 0.100. The number of sulfonamides is 1. The monoisotopic (exact) mass is 481 g/mol. The second kappa shape index (κ2) is 8.66. The highest BCUT2D eigenvalue weighted by molar-refractivity contribution is 7.89. The molecule has 1 aliphatic heterocycles. The van der Waals surface area contributed by atoms with Gasteiger partial charge in [-0.2, -0.15) is 4.31 Å². The van der Waals surface area contributed by atoms with Crippen LogP contribution >= 0.6 is 11.3 Å². The Bertz CT molecular complexity index is 1430. The molecule has 9 heteroatoms. The molecular weight excluding hydrogens is 461 g/mol. The topological polar surface area (TPSA) is 70.6 Å². The van der Waals surface area contributed by atoms with Gasteiger partial charge in [0.2, 0.25) is 10.0 Å². The van der Waals surface area contributed by atoms with E-state index in [4.69, 9.17) is 4.98 Å². The lowest BCUT2D eigenvalue weighted by atomic mass is 10.1. The Hall–Kier alpha value is -3.14. The summed E-state index contributed by atoms with van der Waals surface area (Å²) in [5.74, 6) is -0.949. The number of pyridine rings is 1. The number of benzene rings is 2. The van der Waals surface area contributed by atoms with Gasteiger partial charge in [-0.3, -0.25) is 4.79 Å². The molecule has 0 unspecified atom stereocenters. The van der Waals surface area contributed by atoms with Crippen LogP contribution in [-0.4, -0.2) is 54.7 Å². The lowest BCUT2D eigenvalue weighted by molar-refractivity contribution is 0.0699. The van der Waals surface area contributed by atoms with Gasteiger partial charge in [-0.25, -0.2) is 17.8 Å². The third kappa shape index (κ3) is 4.03. The van der Waals surface area contributed by atoms with Gasteiger partial charge in [0.05, 0.1) is 21.7 Å². The number of para-hydroxylation sites is 1. The summed E-state index contributed by atoms with van der Waals surface area (Å²) in [6, 6.07) is 18.5. The summed E-state index contributed by atoms with van der Waals surface area (Å²) in [5, 5.41) is 2.72. The van der Waals surface area contributed by atoms with Crippen molar-refractivity contribution in [3.05, 3.63) is 83.5 Å². The molecule has 0 N–H and O–H groups in total. The van der Waals surface area contributed by atoms with Crippen LogP contribution < -0.4 is 0 Å². The van der Waals surface area contributed by atoms with Crippen LogP contribution in [0.5, 0.6) is 0 Å². The number of fused-ring (bicyclic) bond motifs is 1. The fourth-order valence-corrected chi connectivity index (χ4v) is 6.17. The summed E-state index contributed by atoms with van der Waals surface area (Å²) < 4.78 is 41.1. The first kappa shape index (κ1) is 21.7. The lowest BCUT2D eigenvalue weighted by Crippen LogP contribution is -2.50. The van der Waals surface area contributed by atoms with Gasteiger partial charge in [0, 0.05) is 31.6 Å². The predicted molar refractivity (Wildman–Crippen MR) is 126 cm³/mol. The number of halogens is 1. The van der Waals surface area contributed by atoms with Crippen LogP contribution in [0.3, 0.4) is 0 Å². The van der Waals surface area contributed by atoms with Crippen molar-refractivity contribution in [2.45, 2.75) is 4.90 Å². The summed E-state index contributed by atoms with van der Waals surface area (Å²) in [4.78, 5) is 20.5. The Morgan fingerprint density at radius 1 is 0.939 bits per heavy atom. The highest BCUT2D eigenvalue weighted by atomic mass is 32.2. The van der Waals surface area contributed by atoms with Gasteiger partial charge in [0.25, 0.3) is 5.91 Å². The Kier molecular flexibility index (Phi) is 5.69. The van der Waals surface area contributed by atoms with Crippen LogP contribution in [0.15, 0.2) is 77.0 Å². The number of piperazine rings is 1. The zero-order valence-corrected chi connectivity index (χ0v) is 19.2. The summed E-state index contributed by atoms with van der Waals surface area (Å²) in [6.07, 6.45) is 0. The fraction of sp³-hybridized carbons (Fsp3) is 0.167. The molecule has 5 rings (SSSR count). The molecule has 1 saturated heterocycles. The van der Waals surface area contributed by atoms with Crippen molar-refractivity contribution in [3.63, 3.8) is 0 Å². The smallest absolute Gasteiger partial charge is 0.254 e. The number of rotatable bonds is 4. The van der Waals surface area contributed by atoms with Crippen LogP contribution in [-0.2, 0) is 10.0 Å². The molecule has 0 aliphatic carbocycles. The largest absolute Gasteiger partial charge is 0.336 e. The van der Waals surface area contributed by atoms with E-state index in [-0.39, 0.29) is 37.0 Å². The van der Waals surface area contributed by atoms with Crippen molar-refractivity contribution >= 4 is 38.2 Å².